The maximum atomic E-state index is 8.56. The summed E-state index contributed by atoms with van der Waals surface area (Å²) in [7, 11) is 0. The molecule has 241 valence electrons. The molecule has 0 aliphatic carbocycles. The van der Waals surface area contributed by atoms with Gasteiger partial charge in [0, 0.05) is 52.2 Å². The van der Waals surface area contributed by atoms with E-state index in [9.17, 15) is 0 Å². The van der Waals surface area contributed by atoms with Crippen molar-refractivity contribution >= 4 is 39.6 Å². The maximum Gasteiger partial charge on any atom is 0 e. The molecule has 6 aromatic rings. The number of benzene rings is 3. The SMILES string of the molecule is [2H]C([2H])([2H])c1ccc2c(c1)oc1c(-c3cc(C(C([2H])([2H])[2H])(C([2H])([2H])[2H])C([2H])([2H])[2H])ccn3)[c-]cc(C([2H])([2H])[2H])c12.[2H]C([2H])(c1cc(-c2[c-]cccc2)nc[c]1[Ge]([CH3])([CH3])[CH3])C(C)C.[Ir]. The van der Waals surface area contributed by atoms with Gasteiger partial charge in [0.25, 0.3) is 0 Å². The quantitative estimate of drug-likeness (QED) is 0.128. The number of fused-ring (bicyclic) bond motifs is 3. The number of aryl methyl sites for hydroxylation is 2. The summed E-state index contributed by atoms with van der Waals surface area (Å²) in [5.74, 6) is 6.77. The molecule has 3 aromatic carbocycles. The van der Waals surface area contributed by atoms with Crippen molar-refractivity contribution < 1.29 is 47.8 Å². The van der Waals surface area contributed by atoms with E-state index in [0.29, 0.717) is 0 Å². The number of pyridine rings is 2. The number of nitrogens with zero attached hydrogens (tertiary/aromatic N) is 2. The molecule has 3 heterocycles. The van der Waals surface area contributed by atoms with Gasteiger partial charge in [0.05, 0.1) is 5.58 Å². The van der Waals surface area contributed by atoms with Crippen LogP contribution in [0.1, 0.15) is 80.0 Å². The van der Waals surface area contributed by atoms with E-state index in [4.69, 9.17) is 27.7 Å². The van der Waals surface area contributed by atoms with E-state index < -0.39 is 64.9 Å². The maximum absolute atomic E-state index is 8.56. The molecule has 46 heavy (non-hydrogen) atoms. The molecule has 0 bridgehead atoms. The molecule has 0 fully saturated rings. The monoisotopic (exact) mass is 866 g/mol. The first-order valence-electron chi connectivity index (χ1n) is 23.0. The molecule has 0 atom stereocenters. The Bertz CT molecular complexity index is 2530. The molecule has 0 aliphatic rings. The number of rotatable bonds is 5. The van der Waals surface area contributed by atoms with Gasteiger partial charge >= 0.3 is 128 Å². The molecule has 1 radical (unpaired) electrons. The third kappa shape index (κ3) is 8.08. The van der Waals surface area contributed by atoms with Crippen LogP contribution in [0.15, 0.2) is 83.5 Å². The van der Waals surface area contributed by atoms with Crippen LogP contribution in [-0.2, 0) is 31.9 Å². The van der Waals surface area contributed by atoms with Crippen molar-refractivity contribution in [1.82, 2.24) is 9.97 Å². The fourth-order valence-corrected chi connectivity index (χ4v) is 7.94. The van der Waals surface area contributed by atoms with Gasteiger partial charge in [-0.3, -0.25) is 0 Å². The van der Waals surface area contributed by atoms with Crippen molar-refractivity contribution in [3.63, 3.8) is 0 Å². The first-order chi connectivity index (χ1) is 28.2. The Balaban J connectivity index is 0.000000321. The second-order valence-corrected chi connectivity index (χ2v) is 22.8. The Morgan fingerprint density at radius 3 is 2.46 bits per heavy atom. The topological polar surface area (TPSA) is 38.9 Å². The normalized spacial score (nSPS) is 19.0. The Labute approximate surface area is 315 Å². The number of furan rings is 1. The summed E-state index contributed by atoms with van der Waals surface area (Å²) in [5, 5.41) is 0.379. The molecule has 3 aromatic heterocycles. The zero-order valence-corrected chi connectivity index (χ0v) is 30.7. The summed E-state index contributed by atoms with van der Waals surface area (Å²) in [6.07, 6.45) is 1.61. The smallest absolute Gasteiger partial charge is 0 e. The van der Waals surface area contributed by atoms with E-state index in [1.165, 1.54) is 18.2 Å². The molecular weight excluding hydrogens is 801 g/mol. The average Bonchev–Trinajstić information content (AvgIpc) is 3.51. The standard InChI is InChI=1S/C23H22NO.C18H24GeN.Ir/c1-14-6-8-18-20(12-14)25-22-17(9-7-15(2)21(18)22)19-13-16(10-11-24-19)23(3,4)5;1-14(2)11-16-12-18(15-9-7-6-8-10-15)20-13-17(16)19(3,4)5;/h6-8,10-13H,1-5H3;6-9,12-14H,11H2,1-5H3;/q2*-1;/i1D3,2D3,3D3,4D3,5D3;11D2;. The van der Waals surface area contributed by atoms with E-state index in [-0.39, 0.29) is 70.3 Å². The summed E-state index contributed by atoms with van der Waals surface area (Å²) < 4.78 is 143. The largest absolute Gasteiger partial charge is 0 e. The molecule has 0 unspecified atom stereocenters. The van der Waals surface area contributed by atoms with Gasteiger partial charge in [-0.15, -0.1) is 17.7 Å². The fourth-order valence-electron chi connectivity index (χ4n) is 5.00. The molecule has 0 aliphatic heterocycles. The minimum absolute atomic E-state index is 0. The van der Waals surface area contributed by atoms with E-state index in [2.05, 4.69) is 39.4 Å². The predicted molar refractivity (Wildman–Crippen MR) is 194 cm³/mol. The van der Waals surface area contributed by atoms with Gasteiger partial charge in [-0.05, 0) is 41.2 Å². The average molecular weight is 865 g/mol. The number of hydrogen-bond acceptors (Lipinski definition) is 3. The van der Waals surface area contributed by atoms with Crippen LogP contribution < -0.4 is 4.40 Å². The van der Waals surface area contributed by atoms with E-state index in [0.717, 1.165) is 45.6 Å². The van der Waals surface area contributed by atoms with Gasteiger partial charge in [-0.2, -0.15) is 0 Å². The minimum atomic E-state index is -3.50. The first-order valence-corrected chi connectivity index (χ1v) is 21.9. The summed E-state index contributed by atoms with van der Waals surface area (Å²) in [6, 6.07) is 22.8. The predicted octanol–water partition coefficient (Wildman–Crippen LogP) is 10.7. The van der Waals surface area contributed by atoms with E-state index >= 15 is 0 Å². The summed E-state index contributed by atoms with van der Waals surface area (Å²) in [6.45, 7) is -11.7. The van der Waals surface area contributed by atoms with Crippen LogP contribution in [0.3, 0.4) is 0 Å². The first kappa shape index (κ1) is 19.1. The third-order valence-electron chi connectivity index (χ3n) is 7.14. The Morgan fingerprint density at radius 1 is 0.957 bits per heavy atom. The van der Waals surface area contributed by atoms with Crippen molar-refractivity contribution in [2.75, 3.05) is 0 Å². The summed E-state index contributed by atoms with van der Waals surface area (Å²) in [5.41, 5.74) is -1.70. The van der Waals surface area contributed by atoms with E-state index in [1.807, 2.05) is 50.4 Å². The molecule has 6 rings (SSSR count). The van der Waals surface area contributed by atoms with Crippen molar-refractivity contribution in [2.45, 2.75) is 77.2 Å². The van der Waals surface area contributed by atoms with Crippen LogP contribution in [-0.4, -0.2) is 23.2 Å². The van der Waals surface area contributed by atoms with Crippen molar-refractivity contribution in [1.29, 1.82) is 0 Å². The third-order valence-corrected chi connectivity index (χ3v) is 11.4. The van der Waals surface area contributed by atoms with Gasteiger partial charge in [0.2, 0.25) is 0 Å². The van der Waals surface area contributed by atoms with Crippen molar-refractivity contribution in [2.24, 2.45) is 5.92 Å². The van der Waals surface area contributed by atoms with Gasteiger partial charge in [-0.1, -0.05) is 56.6 Å². The molecule has 0 saturated heterocycles. The van der Waals surface area contributed by atoms with Crippen molar-refractivity contribution in [3.05, 3.63) is 114 Å². The number of hydrogen-bond donors (Lipinski definition) is 0. The molecule has 0 spiro atoms. The van der Waals surface area contributed by atoms with Crippen LogP contribution in [0.2, 0.25) is 17.3 Å². The second kappa shape index (κ2) is 14.4. The number of aromatic nitrogens is 2. The Hall–Kier alpha value is -3.05. The molecule has 0 saturated carbocycles. The minimum Gasteiger partial charge on any atom is 0 e. The van der Waals surface area contributed by atoms with Crippen molar-refractivity contribution in [3.8, 4) is 22.5 Å². The Morgan fingerprint density at radius 2 is 1.78 bits per heavy atom. The van der Waals surface area contributed by atoms with Crippen LogP contribution in [0.5, 0.6) is 0 Å². The molecule has 3 nitrogen and oxygen atoms in total. The van der Waals surface area contributed by atoms with Gasteiger partial charge in [-0.25, -0.2) is 0 Å². The molecule has 0 amide bonds. The summed E-state index contributed by atoms with van der Waals surface area (Å²) in [4.78, 5) is 8.76. The van der Waals surface area contributed by atoms with E-state index in [1.54, 1.807) is 0 Å². The zero-order valence-electron chi connectivity index (χ0n) is 43.2. The fraction of sp³-hybridized carbons (Fsp3) is 0.317. The molecule has 0 N–H and O–H groups in total. The Kier molecular flexibility index (Phi) is 5.96. The second-order valence-electron chi connectivity index (χ2n) is 12.2. The molecular formula is C41H46GeIrN2O-2. The van der Waals surface area contributed by atoms with Gasteiger partial charge < -0.3 is 9.40 Å². The van der Waals surface area contributed by atoms with Gasteiger partial charge in [0.1, 0.15) is 5.58 Å². The molecule has 5 heteroatoms. The van der Waals surface area contributed by atoms with Crippen LogP contribution in [0.4, 0.5) is 0 Å². The zero-order chi connectivity index (χ0) is 46.8. The summed E-state index contributed by atoms with van der Waals surface area (Å²) >= 11 is -2.20. The van der Waals surface area contributed by atoms with Gasteiger partial charge in [0.15, 0.2) is 0 Å². The van der Waals surface area contributed by atoms with Crippen LogP contribution in [0, 0.1) is 31.8 Å². The van der Waals surface area contributed by atoms with Crippen LogP contribution in [0.25, 0.3) is 44.5 Å². The van der Waals surface area contributed by atoms with Crippen LogP contribution >= 0.6 is 0 Å².